The van der Waals surface area contributed by atoms with Gasteiger partial charge in [-0.2, -0.15) is 0 Å². The largest absolute Gasteiger partial charge is 0.374 e. The predicted molar refractivity (Wildman–Crippen MR) is 85.6 cm³/mol. The molecule has 0 atom stereocenters. The quantitative estimate of drug-likeness (QED) is 0.731. The first-order chi connectivity index (χ1) is 9.75. The molecule has 0 aliphatic heterocycles. The molecule has 3 rings (SSSR count). The van der Waals surface area contributed by atoms with Crippen LogP contribution in [0.4, 0.5) is 5.69 Å². The van der Waals surface area contributed by atoms with Gasteiger partial charge in [0.05, 0.1) is 10.5 Å². The fourth-order valence-corrected chi connectivity index (χ4v) is 3.01. The van der Waals surface area contributed by atoms with Crippen LogP contribution in [0.15, 0.2) is 42.0 Å². The molecule has 0 amide bonds. The minimum absolute atomic E-state index is 0.959. The summed E-state index contributed by atoms with van der Waals surface area (Å²) in [5.41, 5.74) is 3.54. The molecule has 3 aromatic rings. The minimum atomic E-state index is 0.959. The molecule has 0 fully saturated rings. The number of pyridine rings is 1. The SMILES string of the molecule is Cc1cccc2c(N(C)CCc3nccs3)ccnc12. The molecule has 0 bridgehead atoms. The summed E-state index contributed by atoms with van der Waals surface area (Å²) in [4.78, 5) is 11.1. The molecule has 20 heavy (non-hydrogen) atoms. The number of nitrogens with zero attached hydrogens (tertiary/aromatic N) is 3. The molecule has 0 unspecified atom stereocenters. The summed E-state index contributed by atoms with van der Waals surface area (Å²) in [5, 5.41) is 4.43. The number of anilines is 1. The lowest BCUT2D eigenvalue weighted by Gasteiger charge is -2.20. The van der Waals surface area contributed by atoms with E-state index < -0.39 is 0 Å². The maximum absolute atomic E-state index is 4.50. The Labute approximate surface area is 122 Å². The van der Waals surface area contributed by atoms with Crippen molar-refractivity contribution < 1.29 is 0 Å². The monoisotopic (exact) mass is 283 g/mol. The third-order valence-electron chi connectivity index (χ3n) is 3.51. The van der Waals surface area contributed by atoms with Gasteiger partial charge in [-0.15, -0.1) is 11.3 Å². The highest BCUT2D eigenvalue weighted by molar-refractivity contribution is 7.09. The number of rotatable bonds is 4. The molecule has 0 saturated carbocycles. The number of aryl methyl sites for hydroxylation is 1. The van der Waals surface area contributed by atoms with E-state index in [1.807, 2.05) is 17.8 Å². The second-order valence-electron chi connectivity index (χ2n) is 4.90. The molecular formula is C16H17N3S. The first-order valence-electron chi connectivity index (χ1n) is 6.69. The van der Waals surface area contributed by atoms with Gasteiger partial charge in [0.25, 0.3) is 0 Å². The van der Waals surface area contributed by atoms with Crippen molar-refractivity contribution >= 4 is 27.9 Å². The predicted octanol–water partition coefficient (Wildman–Crippen LogP) is 3.68. The number of aromatic nitrogens is 2. The molecule has 0 spiro atoms. The summed E-state index contributed by atoms with van der Waals surface area (Å²) in [6.07, 6.45) is 4.74. The van der Waals surface area contributed by atoms with Crippen LogP contribution in [0.5, 0.6) is 0 Å². The normalized spacial score (nSPS) is 10.9. The van der Waals surface area contributed by atoms with Crippen molar-refractivity contribution in [2.24, 2.45) is 0 Å². The van der Waals surface area contributed by atoms with E-state index in [2.05, 4.69) is 53.1 Å². The molecule has 1 aromatic carbocycles. The number of fused-ring (bicyclic) bond motifs is 1. The van der Waals surface area contributed by atoms with Gasteiger partial charge in [0.15, 0.2) is 0 Å². The van der Waals surface area contributed by atoms with Crippen molar-refractivity contribution in [3.8, 4) is 0 Å². The minimum Gasteiger partial charge on any atom is -0.374 e. The van der Waals surface area contributed by atoms with Gasteiger partial charge in [-0.05, 0) is 18.6 Å². The van der Waals surface area contributed by atoms with E-state index in [1.165, 1.54) is 21.6 Å². The van der Waals surface area contributed by atoms with Crippen molar-refractivity contribution in [2.75, 3.05) is 18.5 Å². The van der Waals surface area contributed by atoms with Gasteiger partial charge in [0, 0.05) is 48.9 Å². The summed E-state index contributed by atoms with van der Waals surface area (Å²) in [6, 6.07) is 8.43. The topological polar surface area (TPSA) is 29.0 Å². The van der Waals surface area contributed by atoms with Gasteiger partial charge in [0.1, 0.15) is 0 Å². The van der Waals surface area contributed by atoms with E-state index >= 15 is 0 Å². The van der Waals surface area contributed by atoms with Gasteiger partial charge < -0.3 is 4.90 Å². The number of benzene rings is 1. The van der Waals surface area contributed by atoms with Crippen LogP contribution in [0.2, 0.25) is 0 Å². The zero-order chi connectivity index (χ0) is 13.9. The molecule has 0 radical (unpaired) electrons. The van der Waals surface area contributed by atoms with E-state index in [9.17, 15) is 0 Å². The molecule has 3 nitrogen and oxygen atoms in total. The van der Waals surface area contributed by atoms with E-state index in [0.717, 1.165) is 18.5 Å². The molecular weight excluding hydrogens is 266 g/mol. The lowest BCUT2D eigenvalue weighted by Crippen LogP contribution is -2.20. The molecule has 102 valence electrons. The summed E-state index contributed by atoms with van der Waals surface area (Å²) in [6.45, 7) is 3.06. The zero-order valence-electron chi connectivity index (χ0n) is 11.7. The smallest absolute Gasteiger partial charge is 0.0942 e. The van der Waals surface area contributed by atoms with E-state index in [-0.39, 0.29) is 0 Å². The summed E-state index contributed by atoms with van der Waals surface area (Å²) in [5.74, 6) is 0. The Morgan fingerprint density at radius 1 is 1.15 bits per heavy atom. The van der Waals surface area contributed by atoms with Crippen molar-refractivity contribution in [2.45, 2.75) is 13.3 Å². The molecule has 0 saturated heterocycles. The van der Waals surface area contributed by atoms with Gasteiger partial charge in [-0.25, -0.2) is 4.98 Å². The van der Waals surface area contributed by atoms with Crippen LogP contribution < -0.4 is 4.90 Å². The van der Waals surface area contributed by atoms with Gasteiger partial charge in [-0.3, -0.25) is 4.98 Å². The molecule has 4 heteroatoms. The standard InChI is InChI=1S/C16H17N3S/c1-12-4-3-5-13-14(6-8-18-16(12)13)19(2)10-7-15-17-9-11-20-15/h3-6,8-9,11H,7,10H2,1-2H3. The Bertz CT molecular complexity index is 707. The average Bonchev–Trinajstić information content (AvgIpc) is 2.98. The van der Waals surface area contributed by atoms with Crippen molar-refractivity contribution in [3.63, 3.8) is 0 Å². The second kappa shape index (κ2) is 5.59. The van der Waals surface area contributed by atoms with Crippen molar-refractivity contribution in [3.05, 3.63) is 52.6 Å². The van der Waals surface area contributed by atoms with E-state index in [0.29, 0.717) is 0 Å². The van der Waals surface area contributed by atoms with Crippen molar-refractivity contribution in [1.82, 2.24) is 9.97 Å². The third kappa shape index (κ3) is 2.51. The fourth-order valence-electron chi connectivity index (χ4n) is 2.40. The molecule has 0 aliphatic rings. The Balaban J connectivity index is 1.87. The number of hydrogen-bond donors (Lipinski definition) is 0. The maximum Gasteiger partial charge on any atom is 0.0942 e. The van der Waals surface area contributed by atoms with Crippen LogP contribution in [-0.4, -0.2) is 23.6 Å². The molecule has 2 aromatic heterocycles. The van der Waals surface area contributed by atoms with Gasteiger partial charge >= 0.3 is 0 Å². The summed E-state index contributed by atoms with van der Waals surface area (Å²) >= 11 is 1.72. The van der Waals surface area contributed by atoms with Crippen LogP contribution >= 0.6 is 11.3 Å². The van der Waals surface area contributed by atoms with Crippen LogP contribution in [0, 0.1) is 6.92 Å². The number of thiazole rings is 1. The third-order valence-corrected chi connectivity index (χ3v) is 4.34. The molecule has 0 N–H and O–H groups in total. The van der Waals surface area contributed by atoms with Crippen LogP contribution in [-0.2, 0) is 6.42 Å². The first kappa shape index (κ1) is 13.1. The van der Waals surface area contributed by atoms with E-state index in [4.69, 9.17) is 0 Å². The fraction of sp³-hybridized carbons (Fsp3) is 0.250. The lowest BCUT2D eigenvalue weighted by molar-refractivity contribution is 0.872. The Hall–Kier alpha value is -1.94. The number of likely N-dealkylation sites (N-methyl/N-ethyl adjacent to an activating group) is 1. The number of para-hydroxylation sites is 1. The van der Waals surface area contributed by atoms with Crippen molar-refractivity contribution in [1.29, 1.82) is 0 Å². The van der Waals surface area contributed by atoms with E-state index in [1.54, 1.807) is 11.3 Å². The van der Waals surface area contributed by atoms with Gasteiger partial charge in [-0.1, -0.05) is 18.2 Å². The summed E-state index contributed by atoms with van der Waals surface area (Å²) in [7, 11) is 2.13. The Morgan fingerprint density at radius 3 is 2.85 bits per heavy atom. The lowest BCUT2D eigenvalue weighted by atomic mass is 10.1. The van der Waals surface area contributed by atoms with Gasteiger partial charge in [0.2, 0.25) is 0 Å². The Kier molecular flexibility index (Phi) is 3.65. The highest BCUT2D eigenvalue weighted by atomic mass is 32.1. The van der Waals surface area contributed by atoms with Crippen LogP contribution in [0.1, 0.15) is 10.6 Å². The highest BCUT2D eigenvalue weighted by Gasteiger charge is 2.08. The Morgan fingerprint density at radius 2 is 2.05 bits per heavy atom. The highest BCUT2D eigenvalue weighted by Crippen LogP contribution is 2.26. The van der Waals surface area contributed by atoms with Crippen LogP contribution in [0.3, 0.4) is 0 Å². The van der Waals surface area contributed by atoms with Crippen LogP contribution in [0.25, 0.3) is 10.9 Å². The first-order valence-corrected chi connectivity index (χ1v) is 7.57. The second-order valence-corrected chi connectivity index (χ2v) is 5.88. The molecule has 0 aliphatic carbocycles. The maximum atomic E-state index is 4.50. The summed E-state index contributed by atoms with van der Waals surface area (Å²) < 4.78 is 0. The molecule has 2 heterocycles. The number of hydrogen-bond acceptors (Lipinski definition) is 4. The average molecular weight is 283 g/mol. The zero-order valence-corrected chi connectivity index (χ0v) is 12.5.